The summed E-state index contributed by atoms with van der Waals surface area (Å²) in [5.41, 5.74) is -4.24. The second-order valence-electron chi connectivity index (χ2n) is 35.4. The molecule has 3 aliphatic carbocycles. The molecule has 0 radical (unpaired) electrons. The van der Waals surface area contributed by atoms with Crippen molar-refractivity contribution in [2.24, 2.45) is 110 Å². The summed E-state index contributed by atoms with van der Waals surface area (Å²) >= 11 is 0. The SMILES string of the molecule is CC1CC(C)C(C(F)(F)F)C1.CC1CCC(C(F)(F)F)C1C.CCC(C)(C(F)(F)F)C(F)(F)F.CCC(C)(C)C.CCC(C)(C)C(F)(F)F.CCC(F)(F)C(C)C.CCCC(C)(C)C.CCCC(C)C(F)(F)F.CCCC(C)C(F)F.CCCC(C)CF.[2H]C([2H])(C)C(C)(C)C.[2H]C([2H])(C)CC(C)C(F)(F)F.[2H]C1(C)C(C)CCC1C(F)(F)F. The highest BCUT2D eigenvalue weighted by molar-refractivity contribution is 4.89. The van der Waals surface area contributed by atoms with Gasteiger partial charge in [-0.3, -0.25) is 4.39 Å². The first-order valence-corrected chi connectivity index (χ1v) is 40.2. The summed E-state index contributed by atoms with van der Waals surface area (Å²) in [7, 11) is 0. The Morgan fingerprint density at radius 1 is 0.377 bits per heavy atom. The Labute approximate surface area is 680 Å². The van der Waals surface area contributed by atoms with Gasteiger partial charge in [-0.2, -0.15) is 105 Å². The highest BCUT2D eigenvalue weighted by Gasteiger charge is 2.66. The van der Waals surface area contributed by atoms with E-state index in [1.807, 2.05) is 48.5 Å². The lowest BCUT2D eigenvalue weighted by molar-refractivity contribution is -0.335. The van der Waals surface area contributed by atoms with Crippen LogP contribution in [0.1, 0.15) is 377 Å². The van der Waals surface area contributed by atoms with E-state index < -0.39 is 145 Å². The quantitative estimate of drug-likeness (QED) is 0.143. The fourth-order valence-corrected chi connectivity index (χ4v) is 9.57. The van der Waals surface area contributed by atoms with Crippen molar-refractivity contribution in [3.8, 4) is 0 Å². The van der Waals surface area contributed by atoms with Gasteiger partial charge < -0.3 is 0 Å². The van der Waals surface area contributed by atoms with Gasteiger partial charge in [0.15, 0.2) is 5.41 Å². The van der Waals surface area contributed by atoms with E-state index in [-0.39, 0.29) is 80.2 Å². The molecule has 0 N–H and O–H groups in total. The lowest BCUT2D eigenvalue weighted by atomic mass is 9.86. The van der Waals surface area contributed by atoms with E-state index in [2.05, 4.69) is 62.3 Å². The van der Waals surface area contributed by atoms with Crippen molar-refractivity contribution in [2.75, 3.05) is 6.67 Å². The highest BCUT2D eigenvalue weighted by atomic mass is 19.4. The Morgan fingerprint density at radius 3 is 0.816 bits per heavy atom. The van der Waals surface area contributed by atoms with E-state index in [1.165, 1.54) is 74.7 Å². The van der Waals surface area contributed by atoms with Crippen molar-refractivity contribution in [1.29, 1.82) is 0 Å². The van der Waals surface area contributed by atoms with Crippen LogP contribution in [0.15, 0.2) is 0 Å². The maximum absolute atomic E-state index is 12.3. The molecule has 0 spiro atoms. The number of hydrogen-bond donors (Lipinski definition) is 0. The Kier molecular flexibility index (Phi) is 63.9. The van der Waals surface area contributed by atoms with Crippen molar-refractivity contribution in [3.63, 3.8) is 0 Å². The Balaban J connectivity index is -0.000000136. The highest BCUT2D eigenvalue weighted by Crippen LogP contribution is 2.53. The molecule has 0 aromatic rings. The summed E-state index contributed by atoms with van der Waals surface area (Å²) < 4.78 is 382. The van der Waals surface area contributed by atoms with Crippen LogP contribution in [0.3, 0.4) is 0 Å². The lowest BCUT2D eigenvalue weighted by Gasteiger charge is -2.32. The Hall–Kier alpha value is -2.03. The van der Waals surface area contributed by atoms with Gasteiger partial charge in [0.2, 0.25) is 12.3 Å². The monoisotopic (exact) mass is 1740 g/mol. The van der Waals surface area contributed by atoms with Crippen molar-refractivity contribution in [2.45, 2.75) is 432 Å². The summed E-state index contributed by atoms with van der Waals surface area (Å²) in [6.07, 6.45) is -30.1. The molecule has 704 valence electrons. The van der Waals surface area contributed by atoms with E-state index in [1.54, 1.807) is 41.5 Å². The van der Waals surface area contributed by atoms with Crippen LogP contribution in [0.25, 0.3) is 0 Å². The van der Waals surface area contributed by atoms with Crippen molar-refractivity contribution >= 4 is 0 Å². The third-order valence-electron chi connectivity index (χ3n) is 20.3. The van der Waals surface area contributed by atoms with Crippen LogP contribution in [-0.2, 0) is 0 Å². The van der Waals surface area contributed by atoms with E-state index in [9.17, 15) is 127 Å². The molecule has 29 heteroatoms. The average Bonchev–Trinajstić information content (AvgIpc) is 0.961. The van der Waals surface area contributed by atoms with Crippen LogP contribution < -0.4 is 0 Å². The van der Waals surface area contributed by atoms with Gasteiger partial charge in [0.25, 0.3) is 0 Å². The Morgan fingerprint density at radius 2 is 0.728 bits per heavy atom. The van der Waals surface area contributed by atoms with Gasteiger partial charge in [0.1, 0.15) is 0 Å². The number of rotatable bonds is 15. The Bertz CT molecular complexity index is 2350. The fraction of sp³-hybridized carbons (Fsp3) is 1.00. The molecule has 0 nitrogen and oxygen atoms in total. The third kappa shape index (κ3) is 70.6. The molecule has 13 unspecified atom stereocenters. The molecule has 3 fully saturated rings. The molecule has 0 heterocycles. The average molecular weight is 1740 g/mol. The molecule has 0 saturated heterocycles. The van der Waals surface area contributed by atoms with Crippen LogP contribution >= 0.6 is 0 Å². The molecular formula is C85H161F29. The summed E-state index contributed by atoms with van der Waals surface area (Å²) in [4.78, 5) is 0. The minimum atomic E-state index is -5.24. The summed E-state index contributed by atoms with van der Waals surface area (Å²) in [5.74, 6) is -10.7. The molecule has 0 amide bonds. The van der Waals surface area contributed by atoms with Gasteiger partial charge in [0, 0.05) is 25.1 Å². The first kappa shape index (κ1) is 121. The zero-order valence-corrected chi connectivity index (χ0v) is 75.7. The van der Waals surface area contributed by atoms with Crippen LogP contribution in [0, 0.1) is 110 Å². The molecule has 3 aliphatic rings. The molecule has 114 heavy (non-hydrogen) atoms. The second-order valence-corrected chi connectivity index (χ2v) is 35.4. The normalized spacial score (nSPS) is 22.9. The van der Waals surface area contributed by atoms with Gasteiger partial charge >= 0.3 is 49.4 Å². The molecular weight excluding hydrogens is 1570 g/mol. The lowest BCUT2D eigenvalue weighted by Crippen LogP contribution is -2.47. The molecule has 0 aromatic carbocycles. The fourth-order valence-electron chi connectivity index (χ4n) is 9.57. The smallest absolute Gasteiger partial charge is 0.251 e. The zero-order valence-electron chi connectivity index (χ0n) is 80.7. The molecule has 13 atom stereocenters. The van der Waals surface area contributed by atoms with Crippen molar-refractivity contribution < 1.29 is 134 Å². The van der Waals surface area contributed by atoms with Gasteiger partial charge in [-0.05, 0) is 148 Å². The standard InChI is InChI=1S/3C8H13F3.C7H16.C6H8F6.3C6H11F3.2C6H12F2.C6H13F.2C6H14/c1-5-3-6(2)7(4-5)8(9,10)11;2*1-5-3-4-7(6(5)2)8(9,10)11;1-5-6-7(2,3)4;1-3-4(2,5(7,8)9)6(10,11)12;1-4-5(2,3)6(7,8)9;2*1-3-4-5(2)6(7,8)9;1-4-6(7,8)5(2)3;1-3-4-5(2)6(7)8;1-3-4-6(2)5-7;2*1-5-6(2,3)4/h3*5-7H,3-4H2,1-2H3;5-6H2,1-4H3;3H2,1-2H3;4H2,1-3H3;2*5H,3-4H2,1-2H3;5H,4H2,1-3H3;5-6H,3-4H2,1-2H3;6H,3-5H2,1-2H3;2*5H2,1-4H3/i;6D;;;;;3D2;;;;;5D2;. The maximum atomic E-state index is 12.3. The number of hydrogen-bond acceptors (Lipinski definition) is 0. The largest absolute Gasteiger partial charge is 0.402 e. The topological polar surface area (TPSA) is 0 Å². The maximum Gasteiger partial charge on any atom is 0.402 e. The van der Waals surface area contributed by atoms with Crippen LogP contribution in [0.4, 0.5) is 127 Å². The molecule has 0 bridgehead atoms. The zero-order chi connectivity index (χ0) is 98.7. The van der Waals surface area contributed by atoms with Gasteiger partial charge in [0.05, 0.1) is 41.7 Å². The molecule has 0 aromatic heterocycles. The van der Waals surface area contributed by atoms with E-state index in [0.29, 0.717) is 42.9 Å². The predicted octanol–water partition coefficient (Wildman–Crippen LogP) is 37.7. The number of halogens is 29. The first-order chi connectivity index (χ1) is 51.9. The summed E-state index contributed by atoms with van der Waals surface area (Å²) in [6, 6.07) is 0. The number of alkyl halides is 29. The minimum absolute atomic E-state index is 0.0509. The van der Waals surface area contributed by atoms with Crippen LogP contribution in [0.5, 0.6) is 0 Å². The van der Waals surface area contributed by atoms with E-state index in [4.69, 9.17) is 6.85 Å². The third-order valence-corrected chi connectivity index (χ3v) is 20.3. The van der Waals surface area contributed by atoms with Gasteiger partial charge in [-0.25, -0.2) is 17.6 Å². The van der Waals surface area contributed by atoms with Gasteiger partial charge in [-0.15, -0.1) is 0 Å². The van der Waals surface area contributed by atoms with Crippen LogP contribution in [-0.4, -0.2) is 68.4 Å². The predicted molar refractivity (Wildman–Crippen MR) is 416 cm³/mol. The van der Waals surface area contributed by atoms with E-state index in [0.717, 1.165) is 52.9 Å². The summed E-state index contributed by atoms with van der Waals surface area (Å²) in [5, 5.41) is 0. The first-order valence-electron chi connectivity index (χ1n) is 42.7. The molecule has 3 saturated carbocycles. The van der Waals surface area contributed by atoms with Gasteiger partial charge in [-0.1, -0.05) is 273 Å². The van der Waals surface area contributed by atoms with Crippen molar-refractivity contribution in [1.82, 2.24) is 0 Å². The van der Waals surface area contributed by atoms with E-state index >= 15 is 0 Å². The molecule has 0 aliphatic heterocycles. The second kappa shape index (κ2) is 60.5. The summed E-state index contributed by atoms with van der Waals surface area (Å²) in [6.45, 7) is 57.5. The van der Waals surface area contributed by atoms with Crippen molar-refractivity contribution in [3.05, 3.63) is 0 Å². The minimum Gasteiger partial charge on any atom is -0.251 e. The van der Waals surface area contributed by atoms with Crippen LogP contribution in [0.2, 0.25) is 0 Å². The molecule has 3 rings (SSSR count).